The first-order valence-electron chi connectivity index (χ1n) is 13.3. The number of rotatable bonds is 19. The fourth-order valence-electron chi connectivity index (χ4n) is 4.45. The number of aliphatic hydroxyl groups excluding tert-OH is 1. The molecule has 0 saturated carbocycles. The largest absolute Gasteiger partial charge is 0.389 e. The highest BCUT2D eigenvalue weighted by Gasteiger charge is 2.36. The number of para-hydroxylation sites is 1. The number of H-pyrrole nitrogens is 1. The van der Waals surface area contributed by atoms with Crippen molar-refractivity contribution in [2.75, 3.05) is 6.54 Å². The third-order valence-corrected chi connectivity index (χ3v) is 6.66. The molecule has 34 heavy (non-hydrogen) atoms. The van der Waals surface area contributed by atoms with Crippen LogP contribution < -0.4 is 10.6 Å². The van der Waals surface area contributed by atoms with Gasteiger partial charge in [-0.05, 0) is 31.5 Å². The summed E-state index contributed by atoms with van der Waals surface area (Å²) in [7, 11) is 0. The number of unbranched alkanes of at least 4 members (excludes halogenated alkanes) is 11. The van der Waals surface area contributed by atoms with Gasteiger partial charge in [0.05, 0.1) is 12.5 Å². The molecular weight excluding hydrogens is 426 g/mol. The number of benzene rings is 1. The predicted octanol–water partition coefficient (Wildman–Crippen LogP) is 5.39. The summed E-state index contributed by atoms with van der Waals surface area (Å²) < 4.78 is 0. The standard InChI is InChI=1S/C28H45N3O3/c1-3-4-5-6-7-8-9-10-11-12-13-16-19-30-28(22-32,23(2)33)31-27(34)20-24-21-29-26-18-15-14-17-25(24)26/h14-15,17-18,21-23,29-30,33H,3-13,16,19-20H2,1-2H3,(H,31,34)/t23-,28-/m1/s1. The van der Waals surface area contributed by atoms with Crippen LogP contribution in [0.5, 0.6) is 0 Å². The fourth-order valence-corrected chi connectivity index (χ4v) is 4.45. The average Bonchev–Trinajstić information content (AvgIpc) is 3.23. The average molecular weight is 472 g/mol. The summed E-state index contributed by atoms with van der Waals surface area (Å²) in [6.07, 6.45) is 16.6. The van der Waals surface area contributed by atoms with Crippen molar-refractivity contribution in [3.8, 4) is 0 Å². The highest BCUT2D eigenvalue weighted by atomic mass is 16.3. The Morgan fingerprint density at radius 2 is 1.59 bits per heavy atom. The molecule has 0 aliphatic heterocycles. The number of hydrogen-bond acceptors (Lipinski definition) is 4. The van der Waals surface area contributed by atoms with Crippen LogP contribution in [-0.4, -0.2) is 40.6 Å². The normalized spacial score (nSPS) is 14.1. The molecule has 0 aliphatic rings. The first-order valence-corrected chi connectivity index (χ1v) is 13.3. The van der Waals surface area contributed by atoms with Crippen LogP contribution in [0.25, 0.3) is 10.9 Å². The Hall–Kier alpha value is -2.18. The fraction of sp³-hybridized carbons (Fsp3) is 0.643. The van der Waals surface area contributed by atoms with Crippen molar-refractivity contribution in [3.05, 3.63) is 36.0 Å². The van der Waals surface area contributed by atoms with Gasteiger partial charge in [0.25, 0.3) is 0 Å². The highest BCUT2D eigenvalue weighted by molar-refractivity contribution is 5.90. The molecule has 1 heterocycles. The molecule has 1 aromatic carbocycles. The molecule has 6 nitrogen and oxygen atoms in total. The van der Waals surface area contributed by atoms with E-state index in [-0.39, 0.29) is 12.3 Å². The van der Waals surface area contributed by atoms with Gasteiger partial charge in [-0.15, -0.1) is 0 Å². The SMILES string of the molecule is CCCCCCCCCCCCCCN[C@](C=O)(NC(=O)Cc1c[nH]c2ccccc12)[C@@H](C)O. The summed E-state index contributed by atoms with van der Waals surface area (Å²) in [6, 6.07) is 7.78. The predicted molar refractivity (Wildman–Crippen MR) is 140 cm³/mol. The Balaban J connectivity index is 1.67. The smallest absolute Gasteiger partial charge is 0.226 e. The minimum atomic E-state index is -1.47. The molecule has 1 aromatic heterocycles. The van der Waals surface area contributed by atoms with Gasteiger partial charge in [-0.2, -0.15) is 0 Å². The second kappa shape index (κ2) is 15.7. The van der Waals surface area contributed by atoms with E-state index in [0.29, 0.717) is 12.8 Å². The van der Waals surface area contributed by atoms with E-state index in [0.717, 1.165) is 29.3 Å². The molecule has 0 spiro atoms. The molecule has 0 bridgehead atoms. The topological polar surface area (TPSA) is 94.2 Å². The highest BCUT2D eigenvalue weighted by Crippen LogP contribution is 2.18. The molecule has 0 fully saturated rings. The van der Waals surface area contributed by atoms with E-state index in [2.05, 4.69) is 22.5 Å². The van der Waals surface area contributed by atoms with Gasteiger partial charge in [-0.3, -0.25) is 14.9 Å². The summed E-state index contributed by atoms with van der Waals surface area (Å²) in [4.78, 5) is 27.8. The zero-order chi connectivity index (χ0) is 24.7. The van der Waals surface area contributed by atoms with E-state index >= 15 is 0 Å². The molecule has 0 aliphatic carbocycles. The Morgan fingerprint density at radius 1 is 1.00 bits per heavy atom. The van der Waals surface area contributed by atoms with Crippen LogP contribution >= 0.6 is 0 Å². The number of aliphatic hydroxyl groups is 1. The second-order valence-corrected chi connectivity index (χ2v) is 9.56. The van der Waals surface area contributed by atoms with Gasteiger partial charge < -0.3 is 15.4 Å². The van der Waals surface area contributed by atoms with Crippen LogP contribution in [-0.2, 0) is 16.0 Å². The van der Waals surface area contributed by atoms with Crippen molar-refractivity contribution >= 4 is 23.1 Å². The lowest BCUT2D eigenvalue weighted by Gasteiger charge is -2.33. The number of aromatic amines is 1. The molecule has 4 N–H and O–H groups in total. The van der Waals surface area contributed by atoms with E-state index in [4.69, 9.17) is 0 Å². The number of nitrogens with one attached hydrogen (secondary N) is 3. The Kier molecular flexibility index (Phi) is 12.9. The van der Waals surface area contributed by atoms with Crippen molar-refractivity contribution in [3.63, 3.8) is 0 Å². The molecule has 6 heteroatoms. The molecular formula is C28H45N3O3. The third-order valence-electron chi connectivity index (χ3n) is 6.66. The number of hydrogen-bond donors (Lipinski definition) is 4. The maximum atomic E-state index is 12.7. The van der Waals surface area contributed by atoms with Crippen LogP contribution in [0.4, 0.5) is 0 Å². The summed E-state index contributed by atoms with van der Waals surface area (Å²) in [5.74, 6) is -0.306. The zero-order valence-corrected chi connectivity index (χ0v) is 21.2. The minimum Gasteiger partial charge on any atom is -0.389 e. The third kappa shape index (κ3) is 9.22. The van der Waals surface area contributed by atoms with Crippen LogP contribution in [0, 0.1) is 0 Å². The maximum Gasteiger partial charge on any atom is 0.226 e. The number of aromatic nitrogens is 1. The van der Waals surface area contributed by atoms with Crippen LogP contribution in [0.1, 0.15) is 96.5 Å². The summed E-state index contributed by atoms with van der Waals surface area (Å²) in [5.41, 5.74) is 0.355. The number of fused-ring (bicyclic) bond motifs is 1. The summed E-state index contributed by atoms with van der Waals surface area (Å²) in [6.45, 7) is 4.34. The minimum absolute atomic E-state index is 0.132. The number of amides is 1. The van der Waals surface area contributed by atoms with E-state index < -0.39 is 11.8 Å². The van der Waals surface area contributed by atoms with Gasteiger partial charge in [-0.25, -0.2) is 0 Å². The number of aldehydes is 1. The van der Waals surface area contributed by atoms with Crippen molar-refractivity contribution in [1.82, 2.24) is 15.6 Å². The van der Waals surface area contributed by atoms with Crippen molar-refractivity contribution in [2.45, 2.75) is 109 Å². The van der Waals surface area contributed by atoms with Crippen molar-refractivity contribution in [1.29, 1.82) is 0 Å². The van der Waals surface area contributed by atoms with Gasteiger partial charge in [0.1, 0.15) is 0 Å². The van der Waals surface area contributed by atoms with Crippen LogP contribution in [0.15, 0.2) is 30.5 Å². The Morgan fingerprint density at radius 3 is 2.18 bits per heavy atom. The van der Waals surface area contributed by atoms with E-state index in [1.54, 1.807) is 0 Å². The van der Waals surface area contributed by atoms with E-state index in [9.17, 15) is 14.7 Å². The van der Waals surface area contributed by atoms with Gasteiger partial charge in [-0.1, -0.05) is 95.8 Å². The molecule has 190 valence electrons. The maximum absolute atomic E-state index is 12.7. The van der Waals surface area contributed by atoms with E-state index in [1.165, 1.54) is 71.1 Å². The number of carbonyl (C=O) groups is 2. The zero-order valence-electron chi connectivity index (χ0n) is 21.2. The van der Waals surface area contributed by atoms with Crippen LogP contribution in [0.3, 0.4) is 0 Å². The van der Waals surface area contributed by atoms with Gasteiger partial charge in [0, 0.05) is 17.1 Å². The quantitative estimate of drug-likeness (QED) is 0.125. The summed E-state index contributed by atoms with van der Waals surface area (Å²) >= 11 is 0. The molecule has 0 radical (unpaired) electrons. The Bertz CT molecular complexity index is 848. The molecule has 1 amide bonds. The first-order chi connectivity index (χ1) is 16.5. The van der Waals surface area contributed by atoms with E-state index in [1.807, 2.05) is 30.5 Å². The monoisotopic (exact) mass is 471 g/mol. The molecule has 2 rings (SSSR count). The lowest BCUT2D eigenvalue weighted by Crippen LogP contribution is -2.66. The van der Waals surface area contributed by atoms with Crippen molar-refractivity contribution in [2.24, 2.45) is 0 Å². The molecule has 2 atom stereocenters. The van der Waals surface area contributed by atoms with Gasteiger partial charge in [0.15, 0.2) is 11.9 Å². The molecule has 0 saturated heterocycles. The summed E-state index contributed by atoms with van der Waals surface area (Å²) in [5, 5.41) is 17.1. The van der Waals surface area contributed by atoms with Crippen LogP contribution in [0.2, 0.25) is 0 Å². The Labute approximate surface area is 205 Å². The lowest BCUT2D eigenvalue weighted by atomic mass is 10.0. The molecule has 2 aromatic rings. The van der Waals surface area contributed by atoms with Gasteiger partial charge >= 0.3 is 0 Å². The lowest BCUT2D eigenvalue weighted by molar-refractivity contribution is -0.131. The molecule has 0 unspecified atom stereocenters. The number of carbonyl (C=O) groups excluding carboxylic acids is 2. The van der Waals surface area contributed by atoms with Gasteiger partial charge in [0.2, 0.25) is 5.91 Å². The second-order valence-electron chi connectivity index (χ2n) is 9.56. The first kappa shape index (κ1) is 28.1. The van der Waals surface area contributed by atoms with Crippen molar-refractivity contribution < 1.29 is 14.7 Å².